The third kappa shape index (κ3) is 3.41. The number of carbonyl (C=O) groups is 1. The van der Waals surface area contributed by atoms with E-state index >= 15 is 0 Å². The molecule has 0 saturated heterocycles. The Bertz CT molecular complexity index is 1130. The van der Waals surface area contributed by atoms with Gasteiger partial charge in [0, 0.05) is 17.2 Å². The number of rotatable bonds is 4. The molecule has 2 aromatic heterocycles. The van der Waals surface area contributed by atoms with E-state index in [1.165, 1.54) is 29.8 Å². The van der Waals surface area contributed by atoms with Crippen molar-refractivity contribution in [3.8, 4) is 0 Å². The first-order valence-electron chi connectivity index (χ1n) is 9.00. The number of ketones is 1. The van der Waals surface area contributed by atoms with Gasteiger partial charge in [0.25, 0.3) is 0 Å². The van der Waals surface area contributed by atoms with Crippen LogP contribution in [0.15, 0.2) is 32.4 Å². The molecule has 0 radical (unpaired) electrons. The molecule has 0 amide bonds. The van der Waals surface area contributed by atoms with Crippen molar-refractivity contribution in [1.82, 2.24) is 9.97 Å². The highest BCUT2D eigenvalue weighted by Crippen LogP contribution is 2.32. The smallest absolute Gasteiger partial charge is 0.336 e. The minimum atomic E-state index is -0.349. The molecule has 0 N–H and O–H groups in total. The van der Waals surface area contributed by atoms with Crippen LogP contribution in [0.1, 0.15) is 51.9 Å². The zero-order valence-corrected chi connectivity index (χ0v) is 16.4. The van der Waals surface area contributed by atoms with Gasteiger partial charge in [0.1, 0.15) is 16.4 Å². The van der Waals surface area contributed by atoms with Crippen molar-refractivity contribution in [2.45, 2.75) is 50.8 Å². The van der Waals surface area contributed by atoms with Gasteiger partial charge in [-0.2, -0.15) is 0 Å². The van der Waals surface area contributed by atoms with Crippen LogP contribution in [-0.4, -0.2) is 15.8 Å². The largest absolute Gasteiger partial charge is 0.423 e. The molecule has 1 aromatic carbocycles. The SMILES string of the molecule is CC(=O)c1c(C)nc(C)nc1SCc1cc(=O)oc2cc3c(cc12)CCC3. The normalized spacial score (nSPS) is 13.1. The lowest BCUT2D eigenvalue weighted by atomic mass is 10.0. The lowest BCUT2D eigenvalue weighted by Crippen LogP contribution is -2.06. The molecule has 1 aliphatic rings. The van der Waals surface area contributed by atoms with Gasteiger partial charge in [0.2, 0.25) is 0 Å². The molecule has 0 bridgehead atoms. The highest BCUT2D eigenvalue weighted by atomic mass is 32.2. The fraction of sp³-hybridized carbons (Fsp3) is 0.333. The van der Waals surface area contributed by atoms with Gasteiger partial charge in [-0.25, -0.2) is 14.8 Å². The standard InChI is InChI=1S/C21H20N2O3S/c1-11-20(12(2)24)21(23-13(3)22-11)27-10-16-9-19(25)26-18-8-15-6-4-5-14(15)7-17(16)18/h7-9H,4-6,10H2,1-3H3. The average molecular weight is 380 g/mol. The molecule has 6 heteroatoms. The Morgan fingerprint density at radius 2 is 1.89 bits per heavy atom. The zero-order valence-electron chi connectivity index (χ0n) is 15.6. The summed E-state index contributed by atoms with van der Waals surface area (Å²) >= 11 is 1.46. The molecule has 2 heterocycles. The number of Topliss-reactive ketones (excluding diaryl/α,β-unsaturated/α-hetero) is 1. The maximum absolute atomic E-state index is 12.0. The van der Waals surface area contributed by atoms with Crippen LogP contribution < -0.4 is 5.63 Å². The summed E-state index contributed by atoms with van der Waals surface area (Å²) in [4.78, 5) is 32.9. The van der Waals surface area contributed by atoms with Crippen molar-refractivity contribution in [3.05, 3.63) is 62.4 Å². The van der Waals surface area contributed by atoms with E-state index in [0.717, 1.165) is 30.2 Å². The Morgan fingerprint density at radius 3 is 2.63 bits per heavy atom. The van der Waals surface area contributed by atoms with Crippen LogP contribution in [-0.2, 0) is 18.6 Å². The van der Waals surface area contributed by atoms with Crippen molar-refractivity contribution in [1.29, 1.82) is 0 Å². The van der Waals surface area contributed by atoms with Gasteiger partial charge in [-0.15, -0.1) is 11.8 Å². The molecular weight excluding hydrogens is 360 g/mol. The Morgan fingerprint density at radius 1 is 1.15 bits per heavy atom. The van der Waals surface area contributed by atoms with Gasteiger partial charge >= 0.3 is 5.63 Å². The van der Waals surface area contributed by atoms with E-state index in [9.17, 15) is 9.59 Å². The highest BCUT2D eigenvalue weighted by Gasteiger charge is 2.18. The van der Waals surface area contributed by atoms with Gasteiger partial charge in [-0.05, 0) is 68.9 Å². The van der Waals surface area contributed by atoms with Gasteiger partial charge in [0.15, 0.2) is 5.78 Å². The monoisotopic (exact) mass is 380 g/mol. The summed E-state index contributed by atoms with van der Waals surface area (Å²) in [6, 6.07) is 5.71. The number of aryl methyl sites for hydroxylation is 4. The number of fused-ring (bicyclic) bond motifs is 2. The summed E-state index contributed by atoms with van der Waals surface area (Å²) in [5, 5.41) is 1.63. The topological polar surface area (TPSA) is 73.1 Å². The van der Waals surface area contributed by atoms with Crippen molar-refractivity contribution in [2.75, 3.05) is 0 Å². The molecular formula is C21H20N2O3S. The number of hydrogen-bond donors (Lipinski definition) is 0. The van der Waals surface area contributed by atoms with Crippen molar-refractivity contribution in [3.63, 3.8) is 0 Å². The molecule has 1 aliphatic carbocycles. The number of hydrogen-bond acceptors (Lipinski definition) is 6. The maximum Gasteiger partial charge on any atom is 0.336 e. The Labute approximate surface area is 161 Å². The quantitative estimate of drug-likeness (QED) is 0.293. The Balaban J connectivity index is 1.75. The first-order chi connectivity index (χ1) is 12.9. The Hall–Kier alpha value is -2.47. The van der Waals surface area contributed by atoms with Gasteiger partial charge < -0.3 is 4.42 Å². The van der Waals surface area contributed by atoms with Crippen molar-refractivity contribution >= 4 is 28.5 Å². The van der Waals surface area contributed by atoms with E-state index in [-0.39, 0.29) is 11.4 Å². The molecule has 4 rings (SSSR count). The lowest BCUT2D eigenvalue weighted by molar-refractivity contribution is 0.101. The average Bonchev–Trinajstić information content (AvgIpc) is 3.04. The summed E-state index contributed by atoms with van der Waals surface area (Å²) in [5.74, 6) is 1.12. The third-order valence-corrected chi connectivity index (χ3v) is 5.95. The fourth-order valence-electron chi connectivity index (χ4n) is 3.75. The summed E-state index contributed by atoms with van der Waals surface area (Å²) in [6.45, 7) is 5.17. The van der Waals surface area contributed by atoms with Gasteiger partial charge in [-0.1, -0.05) is 0 Å². The van der Waals surface area contributed by atoms with E-state index in [0.29, 0.717) is 33.4 Å². The molecule has 3 aromatic rings. The molecule has 0 saturated carbocycles. The van der Waals surface area contributed by atoms with Crippen molar-refractivity contribution < 1.29 is 9.21 Å². The predicted molar refractivity (Wildman–Crippen MR) is 106 cm³/mol. The molecule has 0 aliphatic heterocycles. The lowest BCUT2D eigenvalue weighted by Gasteiger charge is -2.11. The van der Waals surface area contributed by atoms with Crippen LogP contribution in [0, 0.1) is 13.8 Å². The third-order valence-electron chi connectivity index (χ3n) is 4.93. The predicted octanol–water partition coefficient (Wildman–Crippen LogP) is 4.18. The van der Waals surface area contributed by atoms with Gasteiger partial charge in [0.05, 0.1) is 11.3 Å². The van der Waals surface area contributed by atoms with Crippen LogP contribution >= 0.6 is 11.8 Å². The molecule has 27 heavy (non-hydrogen) atoms. The highest BCUT2D eigenvalue weighted by molar-refractivity contribution is 7.98. The minimum Gasteiger partial charge on any atom is -0.423 e. The van der Waals surface area contributed by atoms with Crippen LogP contribution in [0.2, 0.25) is 0 Å². The maximum atomic E-state index is 12.0. The molecule has 0 unspecified atom stereocenters. The van der Waals surface area contributed by atoms with E-state index in [2.05, 4.69) is 16.0 Å². The summed E-state index contributed by atoms with van der Waals surface area (Å²) in [5.41, 5.74) is 5.05. The Kier molecular flexibility index (Phi) is 4.60. The van der Waals surface area contributed by atoms with Crippen LogP contribution in [0.25, 0.3) is 11.0 Å². The second kappa shape index (κ2) is 6.93. The minimum absolute atomic E-state index is 0.0507. The van der Waals surface area contributed by atoms with E-state index in [4.69, 9.17) is 4.42 Å². The number of carbonyl (C=O) groups excluding carboxylic acids is 1. The number of benzene rings is 1. The number of nitrogens with zero attached hydrogens (tertiary/aromatic N) is 2. The number of aromatic nitrogens is 2. The van der Waals surface area contributed by atoms with Crippen LogP contribution in [0.4, 0.5) is 0 Å². The second-order valence-corrected chi connectivity index (χ2v) is 7.91. The molecule has 138 valence electrons. The van der Waals surface area contributed by atoms with Gasteiger partial charge in [-0.3, -0.25) is 4.79 Å². The molecule has 0 atom stereocenters. The fourth-order valence-corrected chi connectivity index (χ4v) is 4.91. The second-order valence-electron chi connectivity index (χ2n) is 6.94. The summed E-state index contributed by atoms with van der Waals surface area (Å²) in [6.07, 6.45) is 3.24. The molecule has 0 spiro atoms. The van der Waals surface area contributed by atoms with Crippen molar-refractivity contribution in [2.24, 2.45) is 0 Å². The summed E-state index contributed by atoms with van der Waals surface area (Å²) in [7, 11) is 0. The number of thioether (sulfide) groups is 1. The first kappa shape index (κ1) is 17.9. The van der Waals surface area contributed by atoms with E-state index < -0.39 is 0 Å². The van der Waals surface area contributed by atoms with Crippen LogP contribution in [0.5, 0.6) is 0 Å². The first-order valence-corrected chi connectivity index (χ1v) is 9.98. The summed E-state index contributed by atoms with van der Waals surface area (Å²) < 4.78 is 5.44. The van der Waals surface area contributed by atoms with Crippen LogP contribution in [0.3, 0.4) is 0 Å². The zero-order chi connectivity index (χ0) is 19.1. The van der Waals surface area contributed by atoms with E-state index in [1.807, 2.05) is 19.9 Å². The molecule has 5 nitrogen and oxygen atoms in total. The van der Waals surface area contributed by atoms with E-state index in [1.54, 1.807) is 6.07 Å². The molecule has 0 fully saturated rings.